The number of rotatable bonds is 5. The molecule has 0 saturated carbocycles. The van der Waals surface area contributed by atoms with Gasteiger partial charge in [-0.25, -0.2) is 0 Å². The van der Waals surface area contributed by atoms with Crippen molar-refractivity contribution in [2.75, 3.05) is 6.54 Å². The Labute approximate surface area is 96.2 Å². The molecule has 0 radical (unpaired) electrons. The molecule has 2 unspecified atom stereocenters. The number of carboxylic acids is 1. The lowest BCUT2D eigenvalue weighted by Gasteiger charge is -2.26. The van der Waals surface area contributed by atoms with E-state index in [1.807, 2.05) is 5.32 Å². The number of hydrogen-bond acceptors (Lipinski definition) is 3. The fourth-order valence-electron chi connectivity index (χ4n) is 0.838. The maximum atomic E-state index is 12.3. The van der Waals surface area contributed by atoms with Gasteiger partial charge in [0.2, 0.25) is 5.91 Å². The predicted octanol–water partition coefficient (Wildman–Crippen LogP) is 0.493. The number of hydrogen-bond donors (Lipinski definition) is 3. The van der Waals surface area contributed by atoms with E-state index in [2.05, 4.69) is 0 Å². The van der Waals surface area contributed by atoms with Crippen LogP contribution in [-0.4, -0.2) is 35.2 Å². The van der Waals surface area contributed by atoms with Crippen LogP contribution in [0, 0.1) is 5.92 Å². The van der Waals surface area contributed by atoms with Crippen molar-refractivity contribution >= 4 is 11.9 Å². The van der Waals surface area contributed by atoms with E-state index >= 15 is 0 Å². The van der Waals surface area contributed by atoms with Crippen LogP contribution in [0.4, 0.5) is 13.2 Å². The van der Waals surface area contributed by atoms with Gasteiger partial charge in [0.15, 0.2) is 5.54 Å². The van der Waals surface area contributed by atoms with E-state index in [0.29, 0.717) is 6.92 Å². The molecule has 0 aromatic rings. The van der Waals surface area contributed by atoms with Crippen molar-refractivity contribution in [3.63, 3.8) is 0 Å². The number of aliphatic carboxylic acids is 1. The Hall–Kier alpha value is -1.31. The summed E-state index contributed by atoms with van der Waals surface area (Å²) in [5.41, 5.74) is 1.89. The normalized spacial score (nSPS) is 17.1. The minimum absolute atomic E-state index is 0.0367. The topological polar surface area (TPSA) is 92.4 Å². The highest BCUT2D eigenvalue weighted by Crippen LogP contribution is 2.27. The summed E-state index contributed by atoms with van der Waals surface area (Å²) in [5, 5.41) is 10.5. The van der Waals surface area contributed by atoms with Crippen molar-refractivity contribution < 1.29 is 27.9 Å². The van der Waals surface area contributed by atoms with E-state index in [-0.39, 0.29) is 13.0 Å². The highest BCUT2D eigenvalue weighted by Gasteiger charge is 2.53. The van der Waals surface area contributed by atoms with Crippen LogP contribution in [-0.2, 0) is 9.59 Å². The monoisotopic (exact) mass is 256 g/mol. The molecule has 0 aliphatic carbocycles. The Kier molecular flexibility index (Phi) is 4.94. The van der Waals surface area contributed by atoms with Crippen molar-refractivity contribution in [3.05, 3.63) is 0 Å². The average Bonchev–Trinajstić information content (AvgIpc) is 2.15. The Morgan fingerprint density at radius 2 is 1.88 bits per heavy atom. The first kappa shape index (κ1) is 15.7. The molecule has 0 aromatic heterocycles. The molecule has 0 saturated heterocycles. The molecule has 5 nitrogen and oxygen atoms in total. The molecule has 0 rings (SSSR count). The molecule has 0 aliphatic rings. The first-order valence-electron chi connectivity index (χ1n) is 4.87. The minimum atomic E-state index is -4.85. The van der Waals surface area contributed by atoms with Crippen LogP contribution in [0.15, 0.2) is 0 Å². The molecule has 0 aromatic carbocycles. The maximum Gasteiger partial charge on any atom is 0.415 e. The minimum Gasteiger partial charge on any atom is -0.481 e. The summed E-state index contributed by atoms with van der Waals surface area (Å²) in [7, 11) is 0. The summed E-state index contributed by atoms with van der Waals surface area (Å²) >= 11 is 0. The third kappa shape index (κ3) is 4.22. The van der Waals surface area contributed by atoms with Gasteiger partial charge in [-0.2, -0.15) is 13.2 Å². The van der Waals surface area contributed by atoms with Crippen molar-refractivity contribution in [1.82, 2.24) is 5.32 Å². The van der Waals surface area contributed by atoms with Gasteiger partial charge < -0.3 is 16.2 Å². The second-order valence-electron chi connectivity index (χ2n) is 3.98. The molecule has 100 valence electrons. The van der Waals surface area contributed by atoms with Gasteiger partial charge >= 0.3 is 12.1 Å². The lowest BCUT2D eigenvalue weighted by Crippen LogP contribution is -2.61. The van der Waals surface area contributed by atoms with Gasteiger partial charge in [-0.3, -0.25) is 9.59 Å². The highest BCUT2D eigenvalue weighted by molar-refractivity contribution is 5.86. The van der Waals surface area contributed by atoms with Crippen LogP contribution >= 0.6 is 0 Å². The molecule has 0 heterocycles. The molecule has 17 heavy (non-hydrogen) atoms. The molecule has 2 atom stereocenters. The summed E-state index contributed by atoms with van der Waals surface area (Å²) in [4.78, 5) is 21.6. The molecule has 8 heteroatoms. The van der Waals surface area contributed by atoms with Gasteiger partial charge in [0.05, 0.1) is 5.92 Å². The van der Waals surface area contributed by atoms with Gasteiger partial charge in [0.25, 0.3) is 0 Å². The molecule has 4 N–H and O–H groups in total. The number of nitrogens with two attached hydrogens (primary N) is 1. The van der Waals surface area contributed by atoms with Gasteiger partial charge in [-0.05, 0) is 13.3 Å². The fourth-order valence-corrected chi connectivity index (χ4v) is 0.838. The van der Waals surface area contributed by atoms with Crippen LogP contribution in [0.3, 0.4) is 0 Å². The van der Waals surface area contributed by atoms with Crippen molar-refractivity contribution in [1.29, 1.82) is 0 Å². The van der Waals surface area contributed by atoms with Gasteiger partial charge in [0.1, 0.15) is 0 Å². The third-order valence-electron chi connectivity index (χ3n) is 2.35. The smallest absolute Gasteiger partial charge is 0.415 e. The molecule has 0 bridgehead atoms. The number of amides is 1. The van der Waals surface area contributed by atoms with Crippen LogP contribution in [0.2, 0.25) is 0 Å². The predicted molar refractivity (Wildman–Crippen MR) is 53.1 cm³/mol. The zero-order valence-electron chi connectivity index (χ0n) is 9.47. The lowest BCUT2D eigenvalue weighted by molar-refractivity contribution is -0.187. The Morgan fingerprint density at radius 1 is 1.41 bits per heavy atom. The van der Waals surface area contributed by atoms with Crippen LogP contribution in [0.5, 0.6) is 0 Å². The van der Waals surface area contributed by atoms with E-state index in [9.17, 15) is 22.8 Å². The maximum absolute atomic E-state index is 12.3. The summed E-state index contributed by atoms with van der Waals surface area (Å²) < 4.78 is 37.0. The standard InChI is InChI=1S/C9H15F3N2O3/c1-5(6(15)16)3-4-14-7(17)8(2,13)9(10,11)12/h5H,3-4,13H2,1-2H3,(H,14,17)(H,15,16). The zero-order valence-corrected chi connectivity index (χ0v) is 9.47. The summed E-state index contributed by atoms with van der Waals surface area (Å²) in [6, 6.07) is 0. The number of carbonyl (C=O) groups excluding carboxylic acids is 1. The van der Waals surface area contributed by atoms with Gasteiger partial charge in [-0.1, -0.05) is 6.92 Å². The summed E-state index contributed by atoms with van der Waals surface area (Å²) in [6.07, 6.45) is -4.81. The van der Waals surface area contributed by atoms with E-state index in [0.717, 1.165) is 0 Å². The third-order valence-corrected chi connectivity index (χ3v) is 2.35. The first-order chi connectivity index (χ1) is 7.50. The Bertz CT molecular complexity index is 302. The average molecular weight is 256 g/mol. The quantitative estimate of drug-likeness (QED) is 0.667. The fraction of sp³-hybridized carbons (Fsp3) is 0.778. The second-order valence-corrected chi connectivity index (χ2v) is 3.98. The summed E-state index contributed by atoms with van der Waals surface area (Å²) in [6.45, 7) is 1.78. The Balaban J connectivity index is 4.25. The highest BCUT2D eigenvalue weighted by atomic mass is 19.4. The SMILES string of the molecule is CC(CCNC(=O)C(C)(N)C(F)(F)F)C(=O)O. The largest absolute Gasteiger partial charge is 0.481 e. The number of alkyl halides is 3. The molecule has 0 fully saturated rings. The van der Waals surface area contributed by atoms with E-state index < -0.39 is 29.5 Å². The zero-order chi connectivity index (χ0) is 13.9. The van der Waals surface area contributed by atoms with Crippen molar-refractivity contribution in [3.8, 4) is 0 Å². The van der Waals surface area contributed by atoms with Crippen LogP contribution in [0.1, 0.15) is 20.3 Å². The Morgan fingerprint density at radius 3 is 2.24 bits per heavy atom. The number of halogens is 3. The van der Waals surface area contributed by atoms with Gasteiger partial charge in [0, 0.05) is 6.54 Å². The molecular weight excluding hydrogens is 241 g/mol. The number of carboxylic acid groups (broad SMARTS) is 1. The second kappa shape index (κ2) is 5.35. The number of nitrogens with one attached hydrogen (secondary N) is 1. The summed E-state index contributed by atoms with van der Waals surface area (Å²) in [5.74, 6) is -3.20. The van der Waals surface area contributed by atoms with Crippen molar-refractivity contribution in [2.24, 2.45) is 11.7 Å². The molecule has 0 spiro atoms. The van der Waals surface area contributed by atoms with Crippen LogP contribution < -0.4 is 11.1 Å². The van der Waals surface area contributed by atoms with E-state index in [4.69, 9.17) is 10.8 Å². The lowest BCUT2D eigenvalue weighted by atomic mass is 10.0. The van der Waals surface area contributed by atoms with Crippen LogP contribution in [0.25, 0.3) is 0 Å². The molecule has 1 amide bonds. The molecule has 0 aliphatic heterocycles. The first-order valence-corrected chi connectivity index (χ1v) is 4.87. The van der Waals surface area contributed by atoms with E-state index in [1.54, 1.807) is 0 Å². The van der Waals surface area contributed by atoms with Gasteiger partial charge in [-0.15, -0.1) is 0 Å². The van der Waals surface area contributed by atoms with E-state index in [1.165, 1.54) is 6.92 Å². The number of carbonyl (C=O) groups is 2. The molecular formula is C9H15F3N2O3. The van der Waals surface area contributed by atoms with Crippen molar-refractivity contribution in [2.45, 2.75) is 32.0 Å².